The number of thiophene rings is 1. The van der Waals surface area contributed by atoms with E-state index in [-0.39, 0.29) is 29.2 Å². The van der Waals surface area contributed by atoms with Crippen LogP contribution in [0.4, 0.5) is 9.80 Å². The molecule has 12 heteroatoms. The molecule has 33 heavy (non-hydrogen) atoms. The van der Waals surface area contributed by atoms with Crippen LogP contribution in [0.15, 0.2) is 29.2 Å². The maximum atomic E-state index is 12.8. The van der Waals surface area contributed by atoms with Crippen LogP contribution in [0, 0.1) is 0 Å². The summed E-state index contributed by atoms with van der Waals surface area (Å²) in [6.07, 6.45) is -0.0169. The number of carbonyl (C=O) groups excluding carboxylic acids is 3. The molecule has 1 N–H and O–H groups in total. The van der Waals surface area contributed by atoms with Crippen molar-refractivity contribution in [3.63, 3.8) is 0 Å². The van der Waals surface area contributed by atoms with Crippen molar-refractivity contribution in [2.45, 2.75) is 24.8 Å². The van der Waals surface area contributed by atoms with E-state index in [9.17, 15) is 22.8 Å². The fraction of sp³-hybridized carbons (Fsp3) is 0.381. The van der Waals surface area contributed by atoms with Gasteiger partial charge in [0.1, 0.15) is 5.00 Å². The molecule has 0 bridgehead atoms. The molecule has 0 spiro atoms. The Morgan fingerprint density at radius 2 is 1.85 bits per heavy atom. The number of hydrogen-bond donors (Lipinski definition) is 1. The molecule has 2 aromatic rings. The van der Waals surface area contributed by atoms with Crippen LogP contribution < -0.4 is 5.32 Å². The second-order valence-corrected chi connectivity index (χ2v) is 10.6. The fourth-order valence-corrected chi connectivity index (χ4v) is 5.49. The molecule has 10 nitrogen and oxygen atoms in total. The third-order valence-electron chi connectivity index (χ3n) is 5.09. The largest absolute Gasteiger partial charge is 0.465 e. The van der Waals surface area contributed by atoms with Crippen LogP contribution in [0.2, 0.25) is 0 Å². The number of anilines is 1. The highest BCUT2D eigenvalue weighted by molar-refractivity contribution is 7.89. The lowest BCUT2D eigenvalue weighted by Crippen LogP contribution is -2.36. The Balaban J connectivity index is 1.87. The summed E-state index contributed by atoms with van der Waals surface area (Å²) in [5, 5.41) is 3.05. The summed E-state index contributed by atoms with van der Waals surface area (Å²) >= 11 is 1.19. The van der Waals surface area contributed by atoms with Crippen molar-refractivity contribution in [2.75, 3.05) is 39.7 Å². The number of benzene rings is 1. The Labute approximate surface area is 196 Å². The maximum Gasteiger partial charge on any atom is 0.410 e. The van der Waals surface area contributed by atoms with Gasteiger partial charge in [0.25, 0.3) is 5.91 Å². The maximum absolute atomic E-state index is 12.8. The molecule has 1 aromatic heterocycles. The Hall–Kier alpha value is -2.96. The van der Waals surface area contributed by atoms with E-state index in [1.165, 1.54) is 56.8 Å². The summed E-state index contributed by atoms with van der Waals surface area (Å²) in [4.78, 5) is 39.8. The highest BCUT2D eigenvalue weighted by atomic mass is 32.2. The van der Waals surface area contributed by atoms with Crippen LogP contribution in [-0.2, 0) is 32.5 Å². The van der Waals surface area contributed by atoms with Crippen molar-refractivity contribution in [1.82, 2.24) is 9.21 Å². The molecule has 1 aromatic carbocycles. The SMILES string of the molecule is CCOC(=O)N1CCc2c(sc(NC(=O)c3ccc(S(=O)(=O)N(C)C)cc3)c2C(=O)OC)C1. The molecular weight excluding hydrogens is 470 g/mol. The van der Waals surface area contributed by atoms with Gasteiger partial charge >= 0.3 is 12.1 Å². The van der Waals surface area contributed by atoms with Crippen molar-refractivity contribution >= 4 is 44.3 Å². The molecule has 0 aliphatic carbocycles. The number of nitrogens with zero attached hydrogens (tertiary/aromatic N) is 2. The minimum absolute atomic E-state index is 0.0601. The summed E-state index contributed by atoms with van der Waals surface area (Å²) < 4.78 is 35.5. The number of amides is 2. The number of methoxy groups -OCH3 is 1. The Kier molecular flexibility index (Phi) is 7.40. The van der Waals surface area contributed by atoms with Crippen LogP contribution in [0.1, 0.15) is 38.1 Å². The average Bonchev–Trinajstić information content (AvgIpc) is 3.15. The minimum Gasteiger partial charge on any atom is -0.465 e. The highest BCUT2D eigenvalue weighted by Gasteiger charge is 2.31. The predicted molar refractivity (Wildman–Crippen MR) is 122 cm³/mol. The monoisotopic (exact) mass is 495 g/mol. The van der Waals surface area contributed by atoms with Gasteiger partial charge in [-0.15, -0.1) is 11.3 Å². The molecule has 1 aliphatic rings. The molecular formula is C21H25N3O7S2. The summed E-state index contributed by atoms with van der Waals surface area (Å²) in [6.45, 7) is 2.62. The average molecular weight is 496 g/mol. The Morgan fingerprint density at radius 1 is 1.18 bits per heavy atom. The number of nitrogens with one attached hydrogen (secondary N) is 1. The predicted octanol–water partition coefficient (Wildman–Crippen LogP) is 2.55. The second kappa shape index (κ2) is 9.89. The zero-order valence-electron chi connectivity index (χ0n) is 18.7. The normalized spacial score (nSPS) is 13.4. The van der Waals surface area contributed by atoms with E-state index in [0.717, 1.165) is 14.7 Å². The van der Waals surface area contributed by atoms with Gasteiger partial charge in [0.05, 0.1) is 30.7 Å². The zero-order valence-corrected chi connectivity index (χ0v) is 20.3. The summed E-state index contributed by atoms with van der Waals surface area (Å²) in [5.41, 5.74) is 1.22. The molecule has 0 atom stereocenters. The first kappa shape index (κ1) is 24.7. The van der Waals surface area contributed by atoms with Gasteiger partial charge < -0.3 is 19.7 Å². The lowest BCUT2D eigenvalue weighted by Gasteiger charge is -2.26. The number of sulfonamides is 1. The van der Waals surface area contributed by atoms with Crippen LogP contribution >= 0.6 is 11.3 Å². The summed E-state index contributed by atoms with van der Waals surface area (Å²) in [7, 11) is 0.487. The topological polar surface area (TPSA) is 122 Å². The zero-order chi connectivity index (χ0) is 24.3. The lowest BCUT2D eigenvalue weighted by atomic mass is 10.0. The number of fused-ring (bicyclic) bond motifs is 1. The fourth-order valence-electron chi connectivity index (χ4n) is 3.34. The molecule has 0 unspecified atom stereocenters. The van der Waals surface area contributed by atoms with E-state index in [1.807, 2.05) is 0 Å². The van der Waals surface area contributed by atoms with Gasteiger partial charge in [0.15, 0.2) is 0 Å². The first-order valence-electron chi connectivity index (χ1n) is 10.1. The minimum atomic E-state index is -3.62. The quantitative estimate of drug-likeness (QED) is 0.611. The smallest absolute Gasteiger partial charge is 0.410 e. The number of hydrogen-bond acceptors (Lipinski definition) is 8. The van der Waals surface area contributed by atoms with E-state index in [1.54, 1.807) is 11.8 Å². The van der Waals surface area contributed by atoms with Gasteiger partial charge in [-0.2, -0.15) is 0 Å². The molecule has 0 radical (unpaired) electrons. The summed E-state index contributed by atoms with van der Waals surface area (Å²) in [6, 6.07) is 5.50. The number of ether oxygens (including phenoxy) is 2. The van der Waals surface area contributed by atoms with Crippen LogP contribution in [0.5, 0.6) is 0 Å². The second-order valence-electron chi connectivity index (χ2n) is 7.34. The van der Waals surface area contributed by atoms with Gasteiger partial charge in [-0.25, -0.2) is 22.3 Å². The molecule has 0 saturated carbocycles. The van der Waals surface area contributed by atoms with E-state index in [4.69, 9.17) is 9.47 Å². The molecule has 178 valence electrons. The number of carbonyl (C=O) groups is 3. The van der Waals surface area contributed by atoms with Gasteiger partial charge in [-0.1, -0.05) is 0 Å². The third kappa shape index (κ3) is 5.02. The molecule has 0 saturated heterocycles. The van der Waals surface area contributed by atoms with Crippen molar-refractivity contribution in [3.05, 3.63) is 45.8 Å². The van der Waals surface area contributed by atoms with Crippen molar-refractivity contribution in [3.8, 4) is 0 Å². The standard InChI is InChI=1S/C21H25N3O7S2/c1-5-31-21(27)24-11-10-15-16(12-24)32-19(17(15)20(26)30-4)22-18(25)13-6-8-14(9-7-13)33(28,29)23(2)3/h6-9H,5,10-12H2,1-4H3,(H,22,25). The molecule has 2 amide bonds. The van der Waals surface area contributed by atoms with Gasteiger partial charge in [0, 0.05) is 31.1 Å². The van der Waals surface area contributed by atoms with Crippen molar-refractivity contribution in [1.29, 1.82) is 0 Å². The molecule has 2 heterocycles. The van der Waals surface area contributed by atoms with Gasteiger partial charge in [-0.3, -0.25) is 4.79 Å². The number of esters is 1. The van der Waals surface area contributed by atoms with Gasteiger partial charge in [0.2, 0.25) is 10.0 Å². The van der Waals surface area contributed by atoms with E-state index >= 15 is 0 Å². The highest BCUT2D eigenvalue weighted by Crippen LogP contribution is 2.38. The van der Waals surface area contributed by atoms with Crippen LogP contribution in [0.3, 0.4) is 0 Å². The van der Waals surface area contributed by atoms with Crippen molar-refractivity contribution < 1.29 is 32.3 Å². The summed E-state index contributed by atoms with van der Waals surface area (Å²) in [5.74, 6) is -1.09. The van der Waals surface area contributed by atoms with Gasteiger partial charge in [-0.05, 0) is 43.2 Å². The van der Waals surface area contributed by atoms with Crippen LogP contribution in [0.25, 0.3) is 0 Å². The third-order valence-corrected chi connectivity index (χ3v) is 8.06. The van der Waals surface area contributed by atoms with E-state index < -0.39 is 28.0 Å². The molecule has 3 rings (SSSR count). The Bertz CT molecular complexity index is 1170. The number of rotatable bonds is 6. The molecule has 1 aliphatic heterocycles. The van der Waals surface area contributed by atoms with E-state index in [0.29, 0.717) is 18.0 Å². The van der Waals surface area contributed by atoms with Crippen LogP contribution in [-0.4, -0.2) is 69.9 Å². The first-order chi connectivity index (χ1) is 15.6. The van der Waals surface area contributed by atoms with Crippen molar-refractivity contribution in [2.24, 2.45) is 0 Å². The first-order valence-corrected chi connectivity index (χ1v) is 12.3. The molecule has 0 fully saturated rings. The Morgan fingerprint density at radius 3 is 2.42 bits per heavy atom. The lowest BCUT2D eigenvalue weighted by molar-refractivity contribution is 0.0600. The van der Waals surface area contributed by atoms with E-state index in [2.05, 4.69) is 5.32 Å².